The third-order valence-electron chi connectivity index (χ3n) is 13.0. The Bertz CT molecular complexity index is 1150. The zero-order valence-corrected chi connectivity index (χ0v) is 45.6. The summed E-state index contributed by atoms with van der Waals surface area (Å²) in [5, 5.41) is 3.02. The number of carbonyl (C=O) groups is 2. The van der Waals surface area contributed by atoms with E-state index in [-0.39, 0.29) is 31.5 Å². The third kappa shape index (κ3) is 47.8. The summed E-state index contributed by atoms with van der Waals surface area (Å²) < 4.78 is 30.2. The Morgan fingerprint density at radius 2 is 0.864 bits per heavy atom. The number of hydrogen-bond donors (Lipinski definition) is 1. The summed E-state index contributed by atoms with van der Waals surface area (Å²) in [5.41, 5.74) is 0. The Balaban J connectivity index is 5.33. The van der Waals surface area contributed by atoms with Crippen LogP contribution in [0.5, 0.6) is 0 Å². The van der Waals surface area contributed by atoms with Crippen molar-refractivity contribution in [3.63, 3.8) is 0 Å². The lowest BCUT2D eigenvalue weighted by atomic mass is 10.0. The van der Waals surface area contributed by atoms with Crippen molar-refractivity contribution in [2.24, 2.45) is 0 Å². The van der Waals surface area contributed by atoms with Gasteiger partial charge in [0, 0.05) is 12.8 Å². The Morgan fingerprint density at radius 3 is 1.24 bits per heavy atom. The van der Waals surface area contributed by atoms with E-state index in [4.69, 9.17) is 13.8 Å². The van der Waals surface area contributed by atoms with Gasteiger partial charge in [0.1, 0.15) is 19.3 Å². The van der Waals surface area contributed by atoms with Crippen LogP contribution in [0.4, 0.5) is 0 Å². The third-order valence-corrected chi connectivity index (χ3v) is 13.9. The van der Waals surface area contributed by atoms with E-state index >= 15 is 0 Å². The van der Waals surface area contributed by atoms with Gasteiger partial charge in [0.2, 0.25) is 5.91 Å². The molecule has 0 radical (unpaired) electrons. The molecule has 0 aromatic rings. The van der Waals surface area contributed by atoms with Crippen molar-refractivity contribution in [1.82, 2.24) is 5.32 Å². The molecule has 66 heavy (non-hydrogen) atoms. The summed E-state index contributed by atoms with van der Waals surface area (Å²) in [5.74, 6) is -0.524. The second kappa shape index (κ2) is 47.4. The van der Waals surface area contributed by atoms with Crippen LogP contribution in [-0.4, -0.2) is 69.4 Å². The number of carbonyl (C=O) groups excluding carboxylic acids is 2. The molecule has 0 aromatic heterocycles. The average molecular weight is 955 g/mol. The minimum Gasteiger partial charge on any atom is -0.756 e. The first-order chi connectivity index (χ1) is 31.9. The maximum absolute atomic E-state index is 13.5. The van der Waals surface area contributed by atoms with Crippen LogP contribution in [0.15, 0.2) is 12.2 Å². The molecule has 0 bridgehead atoms. The molecule has 3 atom stereocenters. The molecule has 0 fully saturated rings. The van der Waals surface area contributed by atoms with Gasteiger partial charge in [-0.15, -0.1) is 0 Å². The van der Waals surface area contributed by atoms with Crippen molar-refractivity contribution >= 4 is 19.7 Å². The topological polar surface area (TPSA) is 114 Å². The standard InChI is InChI=1S/C56H111N2O7P/c1-7-10-13-16-19-22-25-28-30-33-36-39-42-45-48-55(59)57-53(52-64-66(61,62)63-51-50-58(4,5)6)54(47-44-41-38-35-32-27-24-21-18-15-12-9-3)65-56(60)49-46-43-40-37-34-31-29-26-23-20-17-14-11-8-2/h44,47,53-54H,7-43,45-46,48-52H2,1-6H3,(H-,57,59,61,62)/b47-44+. The molecule has 0 aliphatic carbocycles. The number of ether oxygens (including phenoxy) is 1. The molecule has 10 heteroatoms. The molecule has 0 rings (SSSR count). The van der Waals surface area contributed by atoms with Crippen LogP contribution < -0.4 is 10.2 Å². The molecule has 392 valence electrons. The fourth-order valence-corrected chi connectivity index (χ4v) is 9.25. The number of amides is 1. The predicted octanol–water partition coefficient (Wildman–Crippen LogP) is 16.2. The lowest BCUT2D eigenvalue weighted by molar-refractivity contribution is -0.870. The number of allylic oxidation sites excluding steroid dienone is 1. The van der Waals surface area contributed by atoms with Crippen molar-refractivity contribution in [2.45, 2.75) is 296 Å². The largest absolute Gasteiger partial charge is 0.756 e. The lowest BCUT2D eigenvalue weighted by Crippen LogP contribution is -2.47. The van der Waals surface area contributed by atoms with E-state index in [1.807, 2.05) is 33.3 Å². The van der Waals surface area contributed by atoms with E-state index in [9.17, 15) is 19.0 Å². The van der Waals surface area contributed by atoms with E-state index in [2.05, 4.69) is 26.1 Å². The molecule has 3 unspecified atom stereocenters. The monoisotopic (exact) mass is 955 g/mol. The fraction of sp³-hybridized carbons (Fsp3) is 0.929. The van der Waals surface area contributed by atoms with Gasteiger partial charge >= 0.3 is 5.97 Å². The maximum Gasteiger partial charge on any atom is 0.306 e. The van der Waals surface area contributed by atoms with E-state index in [0.29, 0.717) is 17.4 Å². The molecule has 0 saturated carbocycles. The summed E-state index contributed by atoms with van der Waals surface area (Å²) in [7, 11) is 1.20. The van der Waals surface area contributed by atoms with Gasteiger partial charge in [-0.1, -0.05) is 252 Å². The van der Waals surface area contributed by atoms with Crippen LogP contribution in [0.2, 0.25) is 0 Å². The lowest BCUT2D eigenvalue weighted by Gasteiger charge is -2.30. The highest BCUT2D eigenvalue weighted by atomic mass is 31.2. The summed E-state index contributed by atoms with van der Waals surface area (Å²) in [6.07, 6.45) is 51.6. The molecule has 0 aromatic carbocycles. The van der Waals surface area contributed by atoms with Crippen LogP contribution in [0.3, 0.4) is 0 Å². The number of esters is 1. The first-order valence-electron chi connectivity index (χ1n) is 28.5. The van der Waals surface area contributed by atoms with Gasteiger partial charge in [0.05, 0.1) is 33.8 Å². The second-order valence-electron chi connectivity index (χ2n) is 20.8. The molecule has 1 N–H and O–H groups in total. The number of phosphoric ester groups is 1. The van der Waals surface area contributed by atoms with Crippen LogP contribution >= 0.6 is 7.82 Å². The Kier molecular flexibility index (Phi) is 46.5. The van der Waals surface area contributed by atoms with Gasteiger partial charge in [-0.25, -0.2) is 0 Å². The number of phosphoric acid groups is 1. The van der Waals surface area contributed by atoms with Crippen molar-refractivity contribution in [2.75, 3.05) is 40.9 Å². The summed E-state index contributed by atoms with van der Waals surface area (Å²) in [6, 6.07) is -0.877. The zero-order chi connectivity index (χ0) is 48.7. The van der Waals surface area contributed by atoms with Crippen molar-refractivity contribution < 1.29 is 37.3 Å². The first-order valence-corrected chi connectivity index (χ1v) is 30.0. The van der Waals surface area contributed by atoms with Crippen molar-refractivity contribution in [1.29, 1.82) is 0 Å². The van der Waals surface area contributed by atoms with Gasteiger partial charge in [0.25, 0.3) is 7.82 Å². The van der Waals surface area contributed by atoms with Gasteiger partial charge in [0.15, 0.2) is 0 Å². The maximum atomic E-state index is 13.5. The number of nitrogens with zero attached hydrogens (tertiary/aromatic N) is 1. The number of hydrogen-bond acceptors (Lipinski definition) is 7. The minimum absolute atomic E-state index is 0.0171. The van der Waals surface area contributed by atoms with Gasteiger partial charge in [-0.2, -0.15) is 0 Å². The van der Waals surface area contributed by atoms with E-state index in [0.717, 1.165) is 57.8 Å². The highest BCUT2D eigenvalue weighted by molar-refractivity contribution is 7.45. The quantitative estimate of drug-likeness (QED) is 0.0212. The van der Waals surface area contributed by atoms with E-state index < -0.39 is 20.0 Å². The Labute approximate surface area is 410 Å². The van der Waals surface area contributed by atoms with Crippen molar-refractivity contribution in [3.05, 3.63) is 12.2 Å². The van der Waals surface area contributed by atoms with Gasteiger partial charge < -0.3 is 28.5 Å². The number of rotatable bonds is 52. The van der Waals surface area contributed by atoms with E-state index in [1.165, 1.54) is 193 Å². The molecule has 0 aliphatic rings. The molecule has 0 spiro atoms. The van der Waals surface area contributed by atoms with Crippen LogP contribution in [0.25, 0.3) is 0 Å². The Hall–Kier alpha value is -1.25. The smallest absolute Gasteiger partial charge is 0.306 e. The number of unbranched alkanes of at least 4 members (excludes halogenated alkanes) is 36. The highest BCUT2D eigenvalue weighted by Crippen LogP contribution is 2.38. The normalized spacial score (nSPS) is 13.9. The first kappa shape index (κ1) is 64.8. The number of likely N-dealkylation sites (N-methyl/N-ethyl adjacent to an activating group) is 1. The molecule has 0 aliphatic heterocycles. The average Bonchev–Trinajstić information content (AvgIpc) is 3.27. The second-order valence-corrected chi connectivity index (χ2v) is 22.2. The molecular weight excluding hydrogens is 844 g/mol. The molecule has 0 saturated heterocycles. The van der Waals surface area contributed by atoms with Gasteiger partial charge in [-0.05, 0) is 31.8 Å². The number of nitrogens with one attached hydrogen (secondary N) is 1. The van der Waals surface area contributed by atoms with Gasteiger partial charge in [-0.3, -0.25) is 14.2 Å². The van der Waals surface area contributed by atoms with Crippen molar-refractivity contribution in [3.8, 4) is 0 Å². The molecule has 9 nitrogen and oxygen atoms in total. The van der Waals surface area contributed by atoms with Crippen LogP contribution in [0, 0.1) is 0 Å². The minimum atomic E-state index is -4.68. The SMILES string of the molecule is CCCCCCCCCCCC/C=C/C(OC(=O)CCCCCCCCCCCCCCCC)C(COP(=O)([O-])OCC[N+](C)(C)C)NC(=O)CCCCCCCCCCCCCCCC. The summed E-state index contributed by atoms with van der Waals surface area (Å²) >= 11 is 0. The number of quaternary nitrogens is 1. The zero-order valence-electron chi connectivity index (χ0n) is 44.7. The predicted molar refractivity (Wildman–Crippen MR) is 280 cm³/mol. The van der Waals surface area contributed by atoms with Crippen LogP contribution in [-0.2, 0) is 27.9 Å². The summed E-state index contributed by atoms with van der Waals surface area (Å²) in [4.78, 5) is 39.8. The van der Waals surface area contributed by atoms with Crippen LogP contribution in [0.1, 0.15) is 284 Å². The van der Waals surface area contributed by atoms with E-state index in [1.54, 1.807) is 0 Å². The Morgan fingerprint density at radius 1 is 0.515 bits per heavy atom. The molecule has 0 heterocycles. The summed E-state index contributed by atoms with van der Waals surface area (Å²) in [6.45, 7) is 6.87. The molecular formula is C56H111N2O7P. The highest BCUT2D eigenvalue weighted by Gasteiger charge is 2.27. The molecule has 1 amide bonds. The fourth-order valence-electron chi connectivity index (χ4n) is 8.52.